The molecule has 112 valence electrons. The van der Waals surface area contributed by atoms with Crippen LogP contribution in [0.25, 0.3) is 4.91 Å². The van der Waals surface area contributed by atoms with Crippen molar-refractivity contribution in [2.24, 2.45) is 0 Å². The van der Waals surface area contributed by atoms with Crippen LogP contribution in [0.5, 0.6) is 0 Å². The first-order valence-electron chi connectivity index (χ1n) is 6.54. The van der Waals surface area contributed by atoms with Gasteiger partial charge < -0.3 is 0 Å². The molecule has 0 aromatic heterocycles. The quantitative estimate of drug-likeness (QED) is 0.414. The minimum absolute atomic E-state index is 0.00122. The lowest BCUT2D eigenvalue weighted by atomic mass is 10.2. The fourth-order valence-electron chi connectivity index (χ4n) is 1.69. The first-order chi connectivity index (χ1) is 11.1. The van der Waals surface area contributed by atoms with Gasteiger partial charge in [-0.1, -0.05) is 35.5 Å². The summed E-state index contributed by atoms with van der Waals surface area (Å²) < 4.78 is 13.1. The van der Waals surface area contributed by atoms with Crippen LogP contribution in [-0.2, 0) is 0 Å². The highest BCUT2D eigenvalue weighted by Crippen LogP contribution is 2.35. The van der Waals surface area contributed by atoms with Crippen LogP contribution < -0.4 is 0 Å². The van der Waals surface area contributed by atoms with E-state index < -0.39 is 0 Å². The van der Waals surface area contributed by atoms with E-state index in [-0.39, 0.29) is 11.4 Å². The molecular weight excluding hydrogens is 331 g/mol. The zero-order chi connectivity index (χ0) is 16.7. The summed E-state index contributed by atoms with van der Waals surface area (Å²) >= 11 is 7.31. The Hall–Kier alpha value is -2.53. The number of nitrogens with zero attached hydrogens (tertiary/aromatic N) is 2. The second-order valence-corrected chi connectivity index (χ2v) is 5.95. The minimum atomic E-state index is -0.324. The average Bonchev–Trinajstić information content (AvgIpc) is 2.57. The second kappa shape index (κ2) is 8.19. The summed E-state index contributed by atoms with van der Waals surface area (Å²) in [7, 11) is 0. The Morgan fingerprint density at radius 1 is 0.957 bits per heavy atom. The molecule has 0 aliphatic heterocycles. The van der Waals surface area contributed by atoms with E-state index in [2.05, 4.69) is 0 Å². The van der Waals surface area contributed by atoms with Crippen LogP contribution in [0.3, 0.4) is 0 Å². The van der Waals surface area contributed by atoms with Crippen LogP contribution >= 0.6 is 23.4 Å². The number of hydrogen-bond acceptors (Lipinski definition) is 3. The number of nitriles is 2. The molecule has 0 fully saturated rings. The van der Waals surface area contributed by atoms with Gasteiger partial charge in [-0.05, 0) is 54.1 Å². The van der Waals surface area contributed by atoms with Crippen LogP contribution in [0.2, 0.25) is 5.02 Å². The van der Waals surface area contributed by atoms with Crippen LogP contribution in [0.15, 0.2) is 71.2 Å². The third kappa shape index (κ3) is 5.00. The molecule has 5 heteroatoms. The number of halogens is 2. The molecule has 2 rings (SSSR count). The van der Waals surface area contributed by atoms with Gasteiger partial charge in [0.1, 0.15) is 23.5 Å². The van der Waals surface area contributed by atoms with Gasteiger partial charge in [0.05, 0.1) is 0 Å². The highest BCUT2D eigenvalue weighted by atomic mass is 35.5. The third-order valence-electron chi connectivity index (χ3n) is 2.81. The zero-order valence-electron chi connectivity index (χ0n) is 11.8. The summed E-state index contributed by atoms with van der Waals surface area (Å²) in [5, 5.41) is 18.3. The topological polar surface area (TPSA) is 47.6 Å². The lowest BCUT2D eigenvalue weighted by Gasteiger charge is -2.07. The molecule has 2 nitrogen and oxygen atoms in total. The highest BCUT2D eigenvalue weighted by Gasteiger charge is 2.05. The standard InChI is InChI=1S/C18H10ClFN2S/c19-15-4-8-17(9-5-15)23-18(10-1-13(11-21)12-22)14-2-6-16(20)7-3-14/h1-10H/b18-10+. The third-order valence-corrected chi connectivity index (χ3v) is 4.16. The first kappa shape index (κ1) is 16.8. The number of hydrogen-bond donors (Lipinski definition) is 0. The predicted octanol–water partition coefficient (Wildman–Crippen LogP) is 5.59. The van der Waals surface area contributed by atoms with Gasteiger partial charge in [0.25, 0.3) is 0 Å². The summed E-state index contributed by atoms with van der Waals surface area (Å²) in [6, 6.07) is 16.9. The lowest BCUT2D eigenvalue weighted by Crippen LogP contribution is -1.83. The summed E-state index contributed by atoms with van der Waals surface area (Å²) in [6.07, 6.45) is 3.12. The highest BCUT2D eigenvalue weighted by molar-refractivity contribution is 8.08. The molecule has 2 aromatic rings. The molecule has 0 atom stereocenters. The van der Waals surface area contributed by atoms with Crippen molar-refractivity contribution in [1.82, 2.24) is 0 Å². The second-order valence-electron chi connectivity index (χ2n) is 4.40. The van der Waals surface area contributed by atoms with E-state index in [1.807, 2.05) is 24.3 Å². The molecule has 0 saturated carbocycles. The number of thioether (sulfide) groups is 1. The van der Waals surface area contributed by atoms with E-state index in [0.29, 0.717) is 5.02 Å². The Labute approximate surface area is 143 Å². The Morgan fingerprint density at radius 2 is 1.57 bits per heavy atom. The first-order valence-corrected chi connectivity index (χ1v) is 7.73. The number of benzene rings is 2. The molecule has 0 amide bonds. The van der Waals surface area contributed by atoms with Crippen molar-refractivity contribution in [3.05, 3.63) is 82.7 Å². The Kier molecular flexibility index (Phi) is 6.00. The number of rotatable bonds is 4. The normalized spacial score (nSPS) is 10.5. The van der Waals surface area contributed by atoms with Gasteiger partial charge in [-0.25, -0.2) is 4.39 Å². The fraction of sp³-hybridized carbons (Fsp3) is 0. The van der Waals surface area contributed by atoms with E-state index in [1.54, 1.807) is 30.3 Å². The minimum Gasteiger partial charge on any atom is -0.207 e. The van der Waals surface area contributed by atoms with Crippen molar-refractivity contribution in [2.45, 2.75) is 4.90 Å². The smallest absolute Gasteiger partial charge is 0.129 e. The van der Waals surface area contributed by atoms with Gasteiger partial charge in [-0.2, -0.15) is 10.5 Å². The maximum Gasteiger partial charge on any atom is 0.129 e. The van der Waals surface area contributed by atoms with Gasteiger partial charge in [-0.3, -0.25) is 0 Å². The summed E-state index contributed by atoms with van der Waals surface area (Å²) in [6.45, 7) is 0. The molecule has 0 bridgehead atoms. The van der Waals surface area contributed by atoms with Gasteiger partial charge in [0, 0.05) is 14.8 Å². The monoisotopic (exact) mass is 340 g/mol. The zero-order valence-corrected chi connectivity index (χ0v) is 13.4. The summed E-state index contributed by atoms with van der Waals surface area (Å²) in [5.41, 5.74) is 0.791. The Bertz CT molecular complexity index is 809. The van der Waals surface area contributed by atoms with Gasteiger partial charge in [0.15, 0.2) is 0 Å². The van der Waals surface area contributed by atoms with Crippen molar-refractivity contribution in [2.75, 3.05) is 0 Å². The summed E-state index contributed by atoms with van der Waals surface area (Å²) in [5.74, 6) is -0.324. The van der Waals surface area contributed by atoms with Crippen molar-refractivity contribution < 1.29 is 4.39 Å². The van der Waals surface area contributed by atoms with Gasteiger partial charge in [0.2, 0.25) is 0 Å². The van der Waals surface area contributed by atoms with E-state index >= 15 is 0 Å². The summed E-state index contributed by atoms with van der Waals surface area (Å²) in [4.78, 5) is 1.73. The van der Waals surface area contributed by atoms with E-state index in [1.165, 1.54) is 30.0 Å². The largest absolute Gasteiger partial charge is 0.207 e. The average molecular weight is 341 g/mol. The molecule has 2 aromatic carbocycles. The maximum absolute atomic E-state index is 13.1. The Morgan fingerprint density at radius 3 is 2.13 bits per heavy atom. The SMILES string of the molecule is N#CC(C#N)=C/C=C(/Sc1ccc(Cl)cc1)c1ccc(F)cc1. The van der Waals surface area contributed by atoms with Crippen molar-refractivity contribution in [3.63, 3.8) is 0 Å². The van der Waals surface area contributed by atoms with Crippen LogP contribution in [0.1, 0.15) is 5.56 Å². The molecule has 0 heterocycles. The van der Waals surface area contributed by atoms with Crippen LogP contribution in [-0.4, -0.2) is 0 Å². The van der Waals surface area contributed by atoms with Crippen molar-refractivity contribution >= 4 is 28.3 Å². The molecule has 0 aliphatic carbocycles. The molecule has 0 saturated heterocycles. The molecular formula is C18H10ClFN2S. The molecule has 0 aliphatic rings. The predicted molar refractivity (Wildman–Crippen MR) is 91.0 cm³/mol. The van der Waals surface area contributed by atoms with Gasteiger partial charge in [-0.15, -0.1) is 0 Å². The van der Waals surface area contributed by atoms with E-state index in [4.69, 9.17) is 22.1 Å². The fourth-order valence-corrected chi connectivity index (χ4v) is 2.73. The van der Waals surface area contributed by atoms with Crippen molar-refractivity contribution in [3.8, 4) is 12.1 Å². The van der Waals surface area contributed by atoms with Crippen molar-refractivity contribution in [1.29, 1.82) is 10.5 Å². The number of allylic oxidation sites excluding steroid dienone is 3. The van der Waals surface area contributed by atoms with Crippen LogP contribution in [0.4, 0.5) is 4.39 Å². The maximum atomic E-state index is 13.1. The Balaban J connectivity index is 2.39. The molecule has 0 spiro atoms. The van der Waals surface area contributed by atoms with E-state index in [9.17, 15) is 4.39 Å². The van der Waals surface area contributed by atoms with E-state index in [0.717, 1.165) is 15.4 Å². The lowest BCUT2D eigenvalue weighted by molar-refractivity contribution is 0.628. The molecule has 0 unspecified atom stereocenters. The molecule has 23 heavy (non-hydrogen) atoms. The molecule has 0 radical (unpaired) electrons. The molecule has 0 N–H and O–H groups in total. The van der Waals surface area contributed by atoms with Crippen LogP contribution in [0, 0.1) is 28.5 Å². The van der Waals surface area contributed by atoms with Gasteiger partial charge >= 0.3 is 0 Å².